The molecule has 4 rings (SSSR count). The number of hydrogen-bond donors (Lipinski definition) is 0. The Morgan fingerprint density at radius 2 is 1.93 bits per heavy atom. The van der Waals surface area contributed by atoms with Crippen LogP contribution >= 0.6 is 23.2 Å². The summed E-state index contributed by atoms with van der Waals surface area (Å²) >= 11 is 12.5. The van der Waals surface area contributed by atoms with Gasteiger partial charge in [0, 0.05) is 22.0 Å². The Hall–Kier alpha value is -3.00. The topological polar surface area (TPSA) is 46.5 Å². The third kappa shape index (κ3) is 3.67. The van der Waals surface area contributed by atoms with Gasteiger partial charge in [0.15, 0.2) is 0 Å². The molecule has 0 fully saturated rings. The number of imidazole rings is 1. The van der Waals surface area contributed by atoms with Crippen molar-refractivity contribution in [3.05, 3.63) is 87.4 Å². The number of aromatic nitrogens is 3. The van der Waals surface area contributed by atoms with E-state index in [0.717, 1.165) is 33.7 Å². The van der Waals surface area contributed by atoms with Crippen molar-refractivity contribution >= 4 is 40.3 Å². The molecule has 2 aromatic carbocycles. The van der Waals surface area contributed by atoms with Gasteiger partial charge in [0.25, 0.3) is 0 Å². The van der Waals surface area contributed by atoms with Crippen LogP contribution in [0, 0.1) is 25.2 Å². The normalized spacial score (nSPS) is 11.8. The zero-order valence-electron chi connectivity index (χ0n) is 16.0. The highest BCUT2D eigenvalue weighted by atomic mass is 35.5. The fraction of sp³-hybridized carbons (Fsp3) is 0.130. The van der Waals surface area contributed by atoms with Crippen LogP contribution in [0.25, 0.3) is 22.8 Å². The first-order valence-electron chi connectivity index (χ1n) is 9.13. The van der Waals surface area contributed by atoms with E-state index in [4.69, 9.17) is 23.2 Å². The van der Waals surface area contributed by atoms with Crippen LogP contribution in [0.5, 0.6) is 0 Å². The first-order valence-corrected chi connectivity index (χ1v) is 9.88. The van der Waals surface area contributed by atoms with Gasteiger partial charge in [-0.1, -0.05) is 35.3 Å². The molecule has 6 heteroatoms. The molecule has 2 aromatic heterocycles. The van der Waals surface area contributed by atoms with Crippen LogP contribution in [-0.2, 0) is 6.54 Å². The first-order chi connectivity index (χ1) is 14.0. The van der Waals surface area contributed by atoms with Crippen molar-refractivity contribution in [2.75, 3.05) is 0 Å². The second-order valence-corrected chi connectivity index (χ2v) is 7.74. The van der Waals surface area contributed by atoms with Crippen molar-refractivity contribution in [1.82, 2.24) is 14.1 Å². The van der Waals surface area contributed by atoms with Crippen molar-refractivity contribution < 1.29 is 0 Å². The molecular formula is C23H18Cl2N4. The molecule has 0 aliphatic carbocycles. The number of nitriles is 1. The Morgan fingerprint density at radius 1 is 1.14 bits per heavy atom. The number of nitrogens with zero attached hydrogens (tertiary/aromatic N) is 4. The zero-order valence-corrected chi connectivity index (χ0v) is 17.5. The monoisotopic (exact) mass is 420 g/mol. The summed E-state index contributed by atoms with van der Waals surface area (Å²) in [5, 5.41) is 10.9. The van der Waals surface area contributed by atoms with Gasteiger partial charge in [-0.15, -0.1) is 0 Å². The summed E-state index contributed by atoms with van der Waals surface area (Å²) in [6.07, 6.45) is 3.70. The summed E-state index contributed by atoms with van der Waals surface area (Å²) in [5.74, 6) is 0. The fourth-order valence-corrected chi connectivity index (χ4v) is 4.08. The third-order valence-corrected chi connectivity index (χ3v) is 5.50. The second-order valence-electron chi connectivity index (χ2n) is 6.90. The van der Waals surface area contributed by atoms with E-state index in [0.29, 0.717) is 22.2 Å². The van der Waals surface area contributed by atoms with Crippen molar-refractivity contribution in [3.8, 4) is 11.8 Å². The van der Waals surface area contributed by atoms with Gasteiger partial charge in [0.05, 0.1) is 40.7 Å². The van der Waals surface area contributed by atoms with Crippen LogP contribution in [0.4, 0.5) is 0 Å². The van der Waals surface area contributed by atoms with Crippen molar-refractivity contribution in [3.63, 3.8) is 0 Å². The van der Waals surface area contributed by atoms with Gasteiger partial charge in [-0.3, -0.25) is 0 Å². The molecule has 0 aliphatic heterocycles. The Morgan fingerprint density at radius 3 is 2.69 bits per heavy atom. The predicted molar refractivity (Wildman–Crippen MR) is 119 cm³/mol. The summed E-state index contributed by atoms with van der Waals surface area (Å²) in [4.78, 5) is 4.40. The van der Waals surface area contributed by atoms with E-state index in [1.165, 1.54) is 0 Å². The molecule has 144 valence electrons. The smallest absolute Gasteiger partial charge is 0.0966 e. The van der Waals surface area contributed by atoms with Crippen LogP contribution in [0.3, 0.4) is 0 Å². The second kappa shape index (κ2) is 7.79. The fourth-order valence-electron chi connectivity index (χ4n) is 3.59. The van der Waals surface area contributed by atoms with Gasteiger partial charge in [-0.05, 0) is 61.9 Å². The van der Waals surface area contributed by atoms with Crippen LogP contribution in [0.1, 0.15) is 17.0 Å². The van der Waals surface area contributed by atoms with E-state index < -0.39 is 0 Å². The molecule has 4 aromatic rings. The van der Waals surface area contributed by atoms with Gasteiger partial charge in [0.1, 0.15) is 0 Å². The maximum absolute atomic E-state index is 9.72. The molecule has 0 saturated carbocycles. The molecule has 0 spiro atoms. The molecule has 0 N–H and O–H groups in total. The van der Waals surface area contributed by atoms with Gasteiger partial charge >= 0.3 is 0 Å². The Bertz CT molecular complexity index is 1290. The van der Waals surface area contributed by atoms with Gasteiger partial charge in [0.2, 0.25) is 0 Å². The summed E-state index contributed by atoms with van der Waals surface area (Å²) in [6.45, 7) is 4.50. The number of para-hydroxylation sites is 2. The Kier molecular flexibility index (Phi) is 5.19. The minimum atomic E-state index is 0.461. The van der Waals surface area contributed by atoms with E-state index in [9.17, 15) is 5.26 Å². The third-order valence-electron chi connectivity index (χ3n) is 4.96. The van der Waals surface area contributed by atoms with Gasteiger partial charge in [-0.2, -0.15) is 5.26 Å². The Balaban J connectivity index is 1.72. The van der Waals surface area contributed by atoms with Crippen molar-refractivity contribution in [2.24, 2.45) is 0 Å². The van der Waals surface area contributed by atoms with E-state index in [1.54, 1.807) is 12.4 Å². The van der Waals surface area contributed by atoms with Crippen molar-refractivity contribution in [1.29, 1.82) is 5.26 Å². The number of fused-ring (bicyclic) bond motifs is 1. The number of aryl methyl sites for hydroxylation is 1. The quantitative estimate of drug-likeness (QED) is 0.360. The Labute approximate surface area is 179 Å². The van der Waals surface area contributed by atoms with Crippen LogP contribution < -0.4 is 0 Å². The molecule has 0 bridgehead atoms. The SMILES string of the molecule is Cc1cc(/C=C(/C#N)Cn2cnc3ccccc32)c(C)n1-c1ccc(Cl)cc1Cl. The highest BCUT2D eigenvalue weighted by Gasteiger charge is 2.13. The summed E-state index contributed by atoms with van der Waals surface area (Å²) in [5.41, 5.74) is 6.46. The molecular weight excluding hydrogens is 403 g/mol. The maximum atomic E-state index is 9.72. The number of benzene rings is 2. The van der Waals surface area contributed by atoms with E-state index in [1.807, 2.05) is 60.9 Å². The highest BCUT2D eigenvalue weighted by molar-refractivity contribution is 6.35. The standard InChI is InChI=1S/C23H18Cl2N4/c1-15-9-18(16(2)29(15)22-8-7-19(24)11-20(22)25)10-17(12-26)13-28-14-27-21-5-3-4-6-23(21)28/h3-11,14H,13H2,1-2H3/b17-10-. The van der Waals surface area contributed by atoms with E-state index in [-0.39, 0.29) is 0 Å². The average Bonchev–Trinajstić information content (AvgIpc) is 3.23. The van der Waals surface area contributed by atoms with E-state index >= 15 is 0 Å². The number of rotatable bonds is 4. The number of halogens is 2. The summed E-state index contributed by atoms with van der Waals surface area (Å²) in [7, 11) is 0. The maximum Gasteiger partial charge on any atom is 0.0966 e. The number of allylic oxidation sites excluding steroid dienone is 1. The minimum Gasteiger partial charge on any atom is -0.325 e. The lowest BCUT2D eigenvalue weighted by atomic mass is 10.1. The minimum absolute atomic E-state index is 0.461. The lowest BCUT2D eigenvalue weighted by Crippen LogP contribution is -2.00. The lowest BCUT2D eigenvalue weighted by Gasteiger charge is -2.12. The first kappa shape index (κ1) is 19.3. The van der Waals surface area contributed by atoms with Gasteiger partial charge in [-0.25, -0.2) is 4.98 Å². The molecule has 0 amide bonds. The largest absolute Gasteiger partial charge is 0.325 e. The molecule has 0 saturated heterocycles. The van der Waals surface area contributed by atoms with Crippen LogP contribution in [0.2, 0.25) is 10.0 Å². The molecule has 0 aliphatic rings. The molecule has 0 radical (unpaired) electrons. The molecule has 0 unspecified atom stereocenters. The lowest BCUT2D eigenvalue weighted by molar-refractivity contribution is 0.830. The van der Waals surface area contributed by atoms with Gasteiger partial charge < -0.3 is 9.13 Å². The summed E-state index contributed by atoms with van der Waals surface area (Å²) < 4.78 is 4.06. The molecule has 2 heterocycles. The molecule has 29 heavy (non-hydrogen) atoms. The zero-order chi connectivity index (χ0) is 20.5. The predicted octanol–water partition coefficient (Wildman–Crippen LogP) is 6.36. The highest BCUT2D eigenvalue weighted by Crippen LogP contribution is 2.29. The van der Waals surface area contributed by atoms with Crippen LogP contribution in [-0.4, -0.2) is 14.1 Å². The number of hydrogen-bond acceptors (Lipinski definition) is 2. The van der Waals surface area contributed by atoms with Crippen LogP contribution in [0.15, 0.2) is 60.4 Å². The van der Waals surface area contributed by atoms with Crippen molar-refractivity contribution in [2.45, 2.75) is 20.4 Å². The average molecular weight is 421 g/mol. The molecule has 0 atom stereocenters. The molecule has 4 nitrogen and oxygen atoms in total. The summed E-state index contributed by atoms with van der Waals surface area (Å²) in [6, 6.07) is 17.7. The van der Waals surface area contributed by atoms with E-state index in [2.05, 4.69) is 21.7 Å².